The Morgan fingerprint density at radius 1 is 1.31 bits per heavy atom. The van der Waals surface area contributed by atoms with Crippen LogP contribution in [0, 0.1) is 5.92 Å². The fourth-order valence-corrected chi connectivity index (χ4v) is 2.22. The molecule has 0 saturated heterocycles. The van der Waals surface area contributed by atoms with Crippen molar-refractivity contribution in [3.8, 4) is 0 Å². The number of hydrogen-bond acceptors (Lipinski definition) is 3. The van der Waals surface area contributed by atoms with Crippen LogP contribution in [0.1, 0.15) is 37.5 Å². The molecule has 16 heavy (non-hydrogen) atoms. The Labute approximate surface area is 88.8 Å². The van der Waals surface area contributed by atoms with E-state index in [1.165, 1.54) is 0 Å². The second-order valence-electron chi connectivity index (χ2n) is 3.99. The van der Waals surface area contributed by atoms with E-state index < -0.39 is 23.8 Å². The van der Waals surface area contributed by atoms with Crippen LogP contribution in [0.2, 0.25) is 0 Å². The number of hydrogen-bond donors (Lipinski definition) is 1. The molecule has 90 valence electrons. The van der Waals surface area contributed by atoms with E-state index in [1.54, 1.807) is 0 Å². The number of alkyl halides is 3. The number of nitrogens with one attached hydrogen (secondary N) is 1. The summed E-state index contributed by atoms with van der Waals surface area (Å²) in [6.07, 6.45) is -2.57. The predicted octanol–water partition coefficient (Wildman–Crippen LogP) is 2.20. The van der Waals surface area contributed by atoms with Gasteiger partial charge in [-0.05, 0) is 12.8 Å². The highest BCUT2D eigenvalue weighted by Crippen LogP contribution is 2.45. The first kappa shape index (κ1) is 11.2. The molecule has 0 aliphatic heterocycles. The minimum atomic E-state index is -4.26. The van der Waals surface area contributed by atoms with Gasteiger partial charge in [0.15, 0.2) is 0 Å². The molecular weight excluding hydrogens is 225 g/mol. The summed E-state index contributed by atoms with van der Waals surface area (Å²) in [6, 6.07) is 0. The molecule has 2 unspecified atom stereocenters. The van der Waals surface area contributed by atoms with E-state index in [4.69, 9.17) is 0 Å². The third-order valence-electron chi connectivity index (χ3n) is 2.96. The zero-order chi connectivity index (χ0) is 11.8. The Hall–Kier alpha value is -1.27. The topological polar surface area (TPSA) is 58.9 Å². The summed E-state index contributed by atoms with van der Waals surface area (Å²) in [4.78, 5) is 10.7. The van der Waals surface area contributed by atoms with Crippen molar-refractivity contribution in [2.75, 3.05) is 0 Å². The van der Waals surface area contributed by atoms with E-state index in [1.807, 2.05) is 5.10 Å². The number of halogens is 3. The molecule has 1 heterocycles. The van der Waals surface area contributed by atoms with E-state index >= 15 is 0 Å². The lowest BCUT2D eigenvalue weighted by Crippen LogP contribution is -2.31. The zero-order valence-corrected chi connectivity index (χ0v) is 8.38. The third kappa shape index (κ3) is 2.12. The lowest BCUT2D eigenvalue weighted by molar-refractivity contribution is -0.188. The van der Waals surface area contributed by atoms with Gasteiger partial charge < -0.3 is 4.42 Å². The van der Waals surface area contributed by atoms with Crippen LogP contribution < -0.4 is 5.76 Å². The van der Waals surface area contributed by atoms with E-state index in [0.717, 1.165) is 0 Å². The zero-order valence-electron chi connectivity index (χ0n) is 8.38. The van der Waals surface area contributed by atoms with Gasteiger partial charge in [0.25, 0.3) is 0 Å². The van der Waals surface area contributed by atoms with Crippen LogP contribution in [0.15, 0.2) is 9.21 Å². The number of nitrogens with zero attached hydrogens (tertiary/aromatic N) is 1. The fourth-order valence-electron chi connectivity index (χ4n) is 2.22. The van der Waals surface area contributed by atoms with Gasteiger partial charge in [-0.15, -0.1) is 5.10 Å². The standard InChI is InChI=1S/C9H11F3N2O2/c10-9(11,12)6-4-2-1-3-5(6)7-13-14-8(15)16-7/h5-6H,1-4H2,(H,14,15). The van der Waals surface area contributed by atoms with Crippen molar-refractivity contribution >= 4 is 0 Å². The molecule has 1 aliphatic rings. The Morgan fingerprint density at radius 2 is 2.00 bits per heavy atom. The normalized spacial score (nSPS) is 26.9. The molecule has 2 atom stereocenters. The summed E-state index contributed by atoms with van der Waals surface area (Å²) in [6.45, 7) is 0. The van der Waals surface area contributed by atoms with Crippen LogP contribution in [-0.2, 0) is 0 Å². The van der Waals surface area contributed by atoms with Crippen molar-refractivity contribution in [2.45, 2.75) is 37.8 Å². The lowest BCUT2D eigenvalue weighted by atomic mass is 9.79. The van der Waals surface area contributed by atoms with Crippen LogP contribution in [0.5, 0.6) is 0 Å². The molecular formula is C9H11F3N2O2. The molecule has 7 heteroatoms. The highest BCUT2D eigenvalue weighted by molar-refractivity contribution is 4.97. The molecule has 4 nitrogen and oxygen atoms in total. The summed E-state index contributed by atoms with van der Waals surface area (Å²) < 4.78 is 42.8. The van der Waals surface area contributed by atoms with Crippen LogP contribution in [-0.4, -0.2) is 16.4 Å². The highest BCUT2D eigenvalue weighted by Gasteiger charge is 2.47. The summed E-state index contributed by atoms with van der Waals surface area (Å²) >= 11 is 0. The Kier molecular flexibility index (Phi) is 2.77. The molecule has 0 spiro atoms. The van der Waals surface area contributed by atoms with Crippen LogP contribution in [0.4, 0.5) is 13.2 Å². The minimum absolute atomic E-state index is 0.0741. The van der Waals surface area contributed by atoms with Crippen LogP contribution >= 0.6 is 0 Å². The summed E-state index contributed by atoms with van der Waals surface area (Å²) in [5, 5.41) is 5.50. The van der Waals surface area contributed by atoms with E-state index in [-0.39, 0.29) is 12.3 Å². The highest BCUT2D eigenvalue weighted by atomic mass is 19.4. The maximum absolute atomic E-state index is 12.7. The molecule has 0 radical (unpaired) electrons. The van der Waals surface area contributed by atoms with Gasteiger partial charge in [-0.25, -0.2) is 9.89 Å². The first-order valence-corrected chi connectivity index (χ1v) is 5.10. The largest absolute Gasteiger partial charge is 0.434 e. The van der Waals surface area contributed by atoms with Gasteiger partial charge >= 0.3 is 11.9 Å². The second kappa shape index (κ2) is 3.95. The van der Waals surface area contributed by atoms with Gasteiger partial charge in [-0.3, -0.25) is 0 Å². The Morgan fingerprint density at radius 3 is 2.56 bits per heavy atom. The van der Waals surface area contributed by atoms with Crippen molar-refractivity contribution < 1.29 is 17.6 Å². The van der Waals surface area contributed by atoms with Crippen molar-refractivity contribution in [3.05, 3.63) is 16.4 Å². The third-order valence-corrected chi connectivity index (χ3v) is 2.96. The van der Waals surface area contributed by atoms with Gasteiger partial charge in [0, 0.05) is 5.92 Å². The Bertz CT molecular complexity index is 409. The second-order valence-corrected chi connectivity index (χ2v) is 3.99. The van der Waals surface area contributed by atoms with Gasteiger partial charge in [-0.1, -0.05) is 12.8 Å². The van der Waals surface area contributed by atoms with E-state index in [0.29, 0.717) is 19.3 Å². The lowest BCUT2D eigenvalue weighted by Gasteiger charge is -2.30. The molecule has 1 aliphatic carbocycles. The van der Waals surface area contributed by atoms with Crippen molar-refractivity contribution in [1.82, 2.24) is 10.2 Å². The van der Waals surface area contributed by atoms with Crippen LogP contribution in [0.25, 0.3) is 0 Å². The first-order chi connectivity index (χ1) is 7.48. The summed E-state index contributed by atoms with van der Waals surface area (Å²) in [5.74, 6) is -3.20. The smallest absolute Gasteiger partial charge is 0.392 e. The number of rotatable bonds is 1. The quantitative estimate of drug-likeness (QED) is 0.813. The molecule has 0 amide bonds. The van der Waals surface area contributed by atoms with Gasteiger partial charge in [-0.2, -0.15) is 13.2 Å². The van der Waals surface area contributed by atoms with E-state index in [2.05, 4.69) is 9.52 Å². The summed E-state index contributed by atoms with van der Waals surface area (Å²) in [5.41, 5.74) is 0. The van der Waals surface area contributed by atoms with Gasteiger partial charge in [0.05, 0.1) is 5.92 Å². The van der Waals surface area contributed by atoms with Crippen molar-refractivity contribution in [1.29, 1.82) is 0 Å². The van der Waals surface area contributed by atoms with E-state index in [9.17, 15) is 18.0 Å². The molecule has 1 saturated carbocycles. The maximum Gasteiger partial charge on any atom is 0.434 e. The molecule has 0 aromatic carbocycles. The molecule has 1 aromatic rings. The molecule has 1 aromatic heterocycles. The number of aromatic amines is 1. The van der Waals surface area contributed by atoms with Crippen molar-refractivity contribution in [2.24, 2.45) is 5.92 Å². The molecule has 1 N–H and O–H groups in total. The maximum atomic E-state index is 12.7. The first-order valence-electron chi connectivity index (χ1n) is 5.10. The number of aromatic nitrogens is 2. The molecule has 0 bridgehead atoms. The van der Waals surface area contributed by atoms with Gasteiger partial charge in [0.1, 0.15) is 0 Å². The SMILES string of the molecule is O=c1[nH]nc(C2CCCCC2C(F)(F)F)o1. The Balaban J connectivity index is 2.26. The monoisotopic (exact) mass is 236 g/mol. The summed E-state index contributed by atoms with van der Waals surface area (Å²) in [7, 11) is 0. The number of H-pyrrole nitrogens is 1. The predicted molar refractivity (Wildman–Crippen MR) is 47.9 cm³/mol. The molecule has 1 fully saturated rings. The van der Waals surface area contributed by atoms with Crippen LogP contribution in [0.3, 0.4) is 0 Å². The fraction of sp³-hybridized carbons (Fsp3) is 0.778. The molecule has 2 rings (SSSR count). The van der Waals surface area contributed by atoms with Crippen molar-refractivity contribution in [3.63, 3.8) is 0 Å². The van der Waals surface area contributed by atoms with Gasteiger partial charge in [0.2, 0.25) is 5.89 Å². The minimum Gasteiger partial charge on any atom is -0.392 e. The average molecular weight is 236 g/mol. The average Bonchev–Trinajstić information content (AvgIpc) is 2.64.